The van der Waals surface area contributed by atoms with Crippen molar-refractivity contribution in [3.63, 3.8) is 0 Å². The first-order chi connectivity index (χ1) is 13.0. The SMILES string of the molecule is COc1cc2sc(NC(=O)c3cc(OC)c(OC)c(OC)c3)nc2cc1Cl. The molecule has 1 heterocycles. The zero-order valence-corrected chi connectivity index (χ0v) is 16.7. The van der Waals surface area contributed by atoms with Crippen LogP contribution < -0.4 is 24.3 Å². The highest BCUT2D eigenvalue weighted by Crippen LogP contribution is 2.39. The third-order valence-electron chi connectivity index (χ3n) is 3.81. The lowest BCUT2D eigenvalue weighted by atomic mass is 10.1. The molecule has 0 aliphatic heterocycles. The van der Waals surface area contributed by atoms with Crippen LogP contribution in [0, 0.1) is 0 Å². The van der Waals surface area contributed by atoms with Crippen molar-refractivity contribution in [1.29, 1.82) is 0 Å². The average molecular weight is 409 g/mol. The second kappa shape index (κ2) is 7.89. The van der Waals surface area contributed by atoms with E-state index >= 15 is 0 Å². The third-order valence-corrected chi connectivity index (χ3v) is 5.04. The molecule has 0 saturated carbocycles. The van der Waals surface area contributed by atoms with Gasteiger partial charge in [-0.15, -0.1) is 0 Å². The lowest BCUT2D eigenvalue weighted by molar-refractivity contribution is 0.102. The normalized spacial score (nSPS) is 10.6. The van der Waals surface area contributed by atoms with Gasteiger partial charge in [0.25, 0.3) is 5.91 Å². The van der Waals surface area contributed by atoms with Crippen molar-refractivity contribution in [3.8, 4) is 23.0 Å². The number of ether oxygens (including phenoxy) is 4. The van der Waals surface area contributed by atoms with E-state index in [-0.39, 0.29) is 5.91 Å². The number of carbonyl (C=O) groups is 1. The number of benzene rings is 2. The number of rotatable bonds is 6. The molecule has 0 fully saturated rings. The van der Waals surface area contributed by atoms with Crippen LogP contribution in [-0.2, 0) is 0 Å². The predicted molar refractivity (Wildman–Crippen MR) is 105 cm³/mol. The first kappa shape index (κ1) is 19.1. The fraction of sp³-hybridized carbons (Fsp3) is 0.222. The Morgan fingerprint density at radius 1 is 0.963 bits per heavy atom. The lowest BCUT2D eigenvalue weighted by Gasteiger charge is -2.13. The van der Waals surface area contributed by atoms with Crippen molar-refractivity contribution in [2.45, 2.75) is 0 Å². The lowest BCUT2D eigenvalue weighted by Crippen LogP contribution is -2.12. The molecule has 7 nitrogen and oxygen atoms in total. The van der Waals surface area contributed by atoms with Crippen LogP contribution >= 0.6 is 22.9 Å². The Morgan fingerprint density at radius 2 is 1.59 bits per heavy atom. The molecule has 0 saturated heterocycles. The molecule has 3 rings (SSSR count). The van der Waals surface area contributed by atoms with Crippen LogP contribution in [0.5, 0.6) is 23.0 Å². The molecule has 0 unspecified atom stereocenters. The van der Waals surface area contributed by atoms with Crippen LogP contribution in [0.2, 0.25) is 5.02 Å². The number of amides is 1. The van der Waals surface area contributed by atoms with Gasteiger partial charge in [-0.2, -0.15) is 0 Å². The number of anilines is 1. The summed E-state index contributed by atoms with van der Waals surface area (Å²) in [6.45, 7) is 0. The van der Waals surface area contributed by atoms with Crippen molar-refractivity contribution < 1.29 is 23.7 Å². The minimum Gasteiger partial charge on any atom is -0.495 e. The van der Waals surface area contributed by atoms with Crippen molar-refractivity contribution in [1.82, 2.24) is 4.98 Å². The Kier molecular flexibility index (Phi) is 5.57. The smallest absolute Gasteiger partial charge is 0.257 e. The number of methoxy groups -OCH3 is 4. The summed E-state index contributed by atoms with van der Waals surface area (Å²) in [6.07, 6.45) is 0. The highest BCUT2D eigenvalue weighted by Gasteiger charge is 2.18. The second-order valence-corrected chi connectivity index (χ2v) is 6.78. The molecule has 3 aromatic rings. The standard InChI is InChI=1S/C18H17ClN2O5S/c1-23-12-8-15-11(7-10(12)19)20-18(27-15)21-17(22)9-5-13(24-2)16(26-4)14(6-9)25-3/h5-8H,1-4H3,(H,20,21,22). The van der Waals surface area contributed by atoms with E-state index in [1.54, 1.807) is 31.4 Å². The molecule has 142 valence electrons. The minimum absolute atomic E-state index is 0.347. The van der Waals surface area contributed by atoms with Gasteiger partial charge in [0.15, 0.2) is 16.6 Å². The molecule has 9 heteroatoms. The van der Waals surface area contributed by atoms with Crippen LogP contribution in [-0.4, -0.2) is 39.3 Å². The number of halogens is 1. The number of carbonyl (C=O) groups excluding carboxylic acids is 1. The average Bonchev–Trinajstić information content (AvgIpc) is 3.06. The number of fused-ring (bicyclic) bond motifs is 1. The van der Waals surface area contributed by atoms with Crippen LogP contribution in [0.3, 0.4) is 0 Å². The summed E-state index contributed by atoms with van der Waals surface area (Å²) in [5.41, 5.74) is 1.02. The molecule has 1 amide bonds. The minimum atomic E-state index is -0.355. The number of hydrogen-bond donors (Lipinski definition) is 1. The van der Waals surface area contributed by atoms with Crippen molar-refractivity contribution in [2.75, 3.05) is 33.8 Å². The van der Waals surface area contributed by atoms with E-state index < -0.39 is 0 Å². The molecule has 1 aromatic heterocycles. The van der Waals surface area contributed by atoms with E-state index in [4.69, 9.17) is 30.5 Å². The number of aromatic nitrogens is 1. The molecule has 0 bridgehead atoms. The summed E-state index contributed by atoms with van der Waals surface area (Å²) in [5.74, 6) is 1.39. The van der Waals surface area contributed by atoms with E-state index in [2.05, 4.69) is 10.3 Å². The van der Waals surface area contributed by atoms with E-state index in [0.29, 0.717) is 44.2 Å². The van der Waals surface area contributed by atoms with Gasteiger partial charge >= 0.3 is 0 Å². The van der Waals surface area contributed by atoms with Crippen LogP contribution in [0.15, 0.2) is 24.3 Å². The fourth-order valence-electron chi connectivity index (χ4n) is 2.52. The number of nitrogens with one attached hydrogen (secondary N) is 1. The molecule has 0 aliphatic rings. The Bertz CT molecular complexity index is 980. The van der Waals surface area contributed by atoms with Gasteiger partial charge < -0.3 is 18.9 Å². The van der Waals surface area contributed by atoms with Gasteiger partial charge in [-0.3, -0.25) is 10.1 Å². The molecular formula is C18H17ClN2O5S. The number of nitrogens with zero attached hydrogens (tertiary/aromatic N) is 1. The molecule has 1 N–H and O–H groups in total. The number of hydrogen-bond acceptors (Lipinski definition) is 7. The largest absolute Gasteiger partial charge is 0.495 e. The molecule has 0 aliphatic carbocycles. The molecule has 0 spiro atoms. The van der Waals surface area contributed by atoms with Gasteiger partial charge in [0.1, 0.15) is 5.75 Å². The second-order valence-electron chi connectivity index (χ2n) is 5.34. The first-order valence-corrected chi connectivity index (χ1v) is 8.95. The Morgan fingerprint density at radius 3 is 2.15 bits per heavy atom. The Labute approximate surface area is 164 Å². The monoisotopic (exact) mass is 408 g/mol. The van der Waals surface area contributed by atoms with Gasteiger partial charge in [-0.05, 0) is 18.2 Å². The van der Waals surface area contributed by atoms with E-state index in [1.807, 2.05) is 0 Å². The maximum Gasteiger partial charge on any atom is 0.257 e. The zero-order chi connectivity index (χ0) is 19.6. The van der Waals surface area contributed by atoms with Crippen LogP contribution in [0.25, 0.3) is 10.2 Å². The quantitative estimate of drug-likeness (QED) is 0.657. The van der Waals surface area contributed by atoms with E-state index in [1.165, 1.54) is 32.7 Å². The van der Waals surface area contributed by atoms with Gasteiger partial charge in [0.05, 0.1) is 43.7 Å². The summed E-state index contributed by atoms with van der Waals surface area (Å²) in [4.78, 5) is 17.1. The van der Waals surface area contributed by atoms with E-state index in [9.17, 15) is 4.79 Å². The van der Waals surface area contributed by atoms with Gasteiger partial charge in [0.2, 0.25) is 5.75 Å². The maximum absolute atomic E-state index is 12.7. The van der Waals surface area contributed by atoms with E-state index in [0.717, 1.165) is 4.70 Å². The van der Waals surface area contributed by atoms with Crippen molar-refractivity contribution >= 4 is 44.2 Å². The first-order valence-electron chi connectivity index (χ1n) is 7.76. The highest BCUT2D eigenvalue weighted by atomic mass is 35.5. The van der Waals surface area contributed by atoms with Gasteiger partial charge in [-0.25, -0.2) is 4.98 Å². The fourth-order valence-corrected chi connectivity index (χ4v) is 3.63. The van der Waals surface area contributed by atoms with Crippen molar-refractivity contribution in [2.24, 2.45) is 0 Å². The predicted octanol–water partition coefficient (Wildman–Crippen LogP) is 4.24. The van der Waals surface area contributed by atoms with Crippen LogP contribution in [0.1, 0.15) is 10.4 Å². The van der Waals surface area contributed by atoms with Gasteiger partial charge in [-0.1, -0.05) is 22.9 Å². The highest BCUT2D eigenvalue weighted by molar-refractivity contribution is 7.22. The summed E-state index contributed by atoms with van der Waals surface area (Å²) in [5, 5.41) is 3.67. The van der Waals surface area contributed by atoms with Crippen LogP contribution in [0.4, 0.5) is 5.13 Å². The molecular weight excluding hydrogens is 392 g/mol. The molecule has 0 atom stereocenters. The maximum atomic E-state index is 12.7. The Hall–Kier alpha value is -2.71. The summed E-state index contributed by atoms with van der Waals surface area (Å²) < 4.78 is 21.9. The molecule has 27 heavy (non-hydrogen) atoms. The van der Waals surface area contributed by atoms with Gasteiger partial charge in [0, 0.05) is 11.6 Å². The zero-order valence-electron chi connectivity index (χ0n) is 15.1. The molecule has 0 radical (unpaired) electrons. The Balaban J connectivity index is 1.92. The summed E-state index contributed by atoms with van der Waals surface area (Å²) in [6, 6.07) is 6.62. The summed E-state index contributed by atoms with van der Waals surface area (Å²) in [7, 11) is 6.02. The third kappa shape index (κ3) is 3.72. The number of thiazole rings is 1. The summed E-state index contributed by atoms with van der Waals surface area (Å²) >= 11 is 7.44. The van der Waals surface area contributed by atoms with Crippen molar-refractivity contribution in [3.05, 3.63) is 34.9 Å². The topological polar surface area (TPSA) is 78.9 Å². The molecule has 2 aromatic carbocycles.